The molecule has 76 valence electrons. The molecule has 0 spiro atoms. The molecule has 6 nitrogen and oxygen atoms in total. The standard InChI is InChI=1S/C6H11O6P/c1-5(10-2)4-6(7)12-13(8,9)11-3/h4H,1-3H3,(H,8,9)/b5-4-. The number of hydrogen-bond acceptors (Lipinski definition) is 5. The van der Waals surface area contributed by atoms with E-state index in [4.69, 9.17) is 4.89 Å². The molecule has 0 saturated heterocycles. The molecule has 13 heavy (non-hydrogen) atoms. The SMILES string of the molecule is CO/C(C)=C\C(=O)OP(=O)(O)OC. The van der Waals surface area contributed by atoms with Gasteiger partial charge in [0.25, 0.3) is 0 Å². The lowest BCUT2D eigenvalue weighted by Gasteiger charge is -2.06. The Bertz CT molecular complexity index is 258. The molecule has 0 aromatic carbocycles. The van der Waals surface area contributed by atoms with Crippen molar-refractivity contribution in [2.45, 2.75) is 6.92 Å². The van der Waals surface area contributed by atoms with Crippen LogP contribution in [0.2, 0.25) is 0 Å². The van der Waals surface area contributed by atoms with E-state index in [1.807, 2.05) is 0 Å². The first-order chi connectivity index (χ1) is 5.91. The fourth-order valence-corrected chi connectivity index (χ4v) is 0.757. The van der Waals surface area contributed by atoms with Gasteiger partial charge in [-0.3, -0.25) is 9.42 Å². The van der Waals surface area contributed by atoms with Gasteiger partial charge in [0.2, 0.25) is 0 Å². The van der Waals surface area contributed by atoms with Crippen LogP contribution in [0.1, 0.15) is 6.92 Å². The number of phosphoric ester groups is 1. The van der Waals surface area contributed by atoms with Crippen LogP contribution in [-0.4, -0.2) is 25.1 Å². The summed E-state index contributed by atoms with van der Waals surface area (Å²) in [5.41, 5.74) is 0. The number of phosphoric acid groups is 1. The highest BCUT2D eigenvalue weighted by molar-refractivity contribution is 7.48. The monoisotopic (exact) mass is 210 g/mol. The Morgan fingerprint density at radius 3 is 2.38 bits per heavy atom. The summed E-state index contributed by atoms with van der Waals surface area (Å²) in [4.78, 5) is 19.5. The lowest BCUT2D eigenvalue weighted by atomic mass is 10.5. The van der Waals surface area contributed by atoms with E-state index in [1.54, 1.807) is 0 Å². The number of allylic oxidation sites excluding steroid dienone is 1. The van der Waals surface area contributed by atoms with Crippen LogP contribution in [0.15, 0.2) is 11.8 Å². The molecule has 0 aliphatic rings. The van der Waals surface area contributed by atoms with Gasteiger partial charge in [-0.15, -0.1) is 0 Å². The van der Waals surface area contributed by atoms with E-state index in [9.17, 15) is 9.36 Å². The zero-order valence-electron chi connectivity index (χ0n) is 7.51. The van der Waals surface area contributed by atoms with E-state index < -0.39 is 13.8 Å². The summed E-state index contributed by atoms with van der Waals surface area (Å²) < 4.78 is 23.4. The van der Waals surface area contributed by atoms with Crippen LogP contribution in [0.5, 0.6) is 0 Å². The molecule has 7 heteroatoms. The quantitative estimate of drug-likeness (QED) is 0.420. The highest BCUT2D eigenvalue weighted by Crippen LogP contribution is 2.42. The van der Waals surface area contributed by atoms with E-state index in [-0.39, 0.29) is 5.76 Å². The van der Waals surface area contributed by atoms with Crippen molar-refractivity contribution in [3.63, 3.8) is 0 Å². The lowest BCUT2D eigenvalue weighted by molar-refractivity contribution is -0.130. The van der Waals surface area contributed by atoms with E-state index in [0.29, 0.717) is 0 Å². The molecule has 0 aromatic heterocycles. The number of hydrogen-bond donors (Lipinski definition) is 1. The Morgan fingerprint density at radius 2 is 2.00 bits per heavy atom. The Balaban J connectivity index is 4.25. The number of ether oxygens (including phenoxy) is 1. The minimum Gasteiger partial charge on any atom is -0.501 e. The van der Waals surface area contributed by atoms with Gasteiger partial charge in [-0.05, 0) is 6.92 Å². The maximum atomic E-state index is 10.8. The third kappa shape index (κ3) is 5.41. The average Bonchev–Trinajstić information content (AvgIpc) is 2.03. The largest absolute Gasteiger partial charge is 0.529 e. The summed E-state index contributed by atoms with van der Waals surface area (Å²) in [5, 5.41) is 0. The molecule has 0 aliphatic heterocycles. The van der Waals surface area contributed by atoms with Crippen molar-refractivity contribution >= 4 is 13.8 Å². The lowest BCUT2D eigenvalue weighted by Crippen LogP contribution is -2.01. The summed E-state index contributed by atoms with van der Waals surface area (Å²) in [7, 11) is -1.93. The highest BCUT2D eigenvalue weighted by atomic mass is 31.2. The van der Waals surface area contributed by atoms with Crippen LogP contribution in [0, 0.1) is 0 Å². The van der Waals surface area contributed by atoms with Crippen LogP contribution < -0.4 is 0 Å². The van der Waals surface area contributed by atoms with E-state index in [0.717, 1.165) is 13.2 Å². The zero-order valence-corrected chi connectivity index (χ0v) is 8.41. The maximum absolute atomic E-state index is 10.8. The topological polar surface area (TPSA) is 82.1 Å². The van der Waals surface area contributed by atoms with Crippen molar-refractivity contribution in [1.29, 1.82) is 0 Å². The van der Waals surface area contributed by atoms with Crippen molar-refractivity contribution in [3.05, 3.63) is 11.8 Å². The van der Waals surface area contributed by atoms with Gasteiger partial charge in [0.15, 0.2) is 0 Å². The molecule has 0 fully saturated rings. The number of rotatable bonds is 4. The van der Waals surface area contributed by atoms with E-state index >= 15 is 0 Å². The van der Waals surface area contributed by atoms with Crippen molar-refractivity contribution in [3.8, 4) is 0 Å². The van der Waals surface area contributed by atoms with Crippen LogP contribution in [0.3, 0.4) is 0 Å². The van der Waals surface area contributed by atoms with Crippen molar-refractivity contribution in [1.82, 2.24) is 0 Å². The molecule has 0 heterocycles. The van der Waals surface area contributed by atoms with Crippen molar-refractivity contribution < 1.29 is 28.0 Å². The van der Waals surface area contributed by atoms with E-state index in [2.05, 4.69) is 13.8 Å². The molecule has 0 saturated carbocycles. The van der Waals surface area contributed by atoms with Gasteiger partial charge in [-0.25, -0.2) is 9.36 Å². The fourth-order valence-electron chi connectivity index (χ4n) is 0.402. The molecular weight excluding hydrogens is 199 g/mol. The first-order valence-corrected chi connectivity index (χ1v) is 4.75. The van der Waals surface area contributed by atoms with Gasteiger partial charge >= 0.3 is 13.8 Å². The Kier molecular flexibility index (Phi) is 4.69. The molecule has 1 N–H and O–H groups in total. The van der Waals surface area contributed by atoms with E-state index in [1.165, 1.54) is 14.0 Å². The minimum absolute atomic E-state index is 0.265. The van der Waals surface area contributed by atoms with Gasteiger partial charge in [-0.1, -0.05) is 0 Å². The Labute approximate surface area is 75.7 Å². The molecule has 1 unspecified atom stereocenters. The summed E-state index contributed by atoms with van der Waals surface area (Å²) in [6, 6.07) is 0. The molecule has 0 aliphatic carbocycles. The first-order valence-electron chi connectivity index (χ1n) is 3.25. The number of methoxy groups -OCH3 is 1. The third-order valence-electron chi connectivity index (χ3n) is 1.08. The molecule has 0 bridgehead atoms. The predicted octanol–water partition coefficient (Wildman–Crippen LogP) is 0.827. The predicted molar refractivity (Wildman–Crippen MR) is 43.7 cm³/mol. The van der Waals surface area contributed by atoms with Crippen LogP contribution in [-0.2, 0) is 23.1 Å². The second-order valence-electron chi connectivity index (χ2n) is 2.02. The fraction of sp³-hybridized carbons (Fsp3) is 0.500. The summed E-state index contributed by atoms with van der Waals surface area (Å²) in [6.07, 6.45) is 0.932. The maximum Gasteiger partial charge on any atom is 0.529 e. The Morgan fingerprint density at radius 1 is 1.46 bits per heavy atom. The van der Waals surface area contributed by atoms with Gasteiger partial charge in [0.1, 0.15) is 0 Å². The van der Waals surface area contributed by atoms with Gasteiger partial charge in [-0.2, -0.15) is 0 Å². The molecule has 0 rings (SSSR count). The molecule has 1 atom stereocenters. The van der Waals surface area contributed by atoms with Crippen molar-refractivity contribution in [2.24, 2.45) is 0 Å². The molecular formula is C6H11O6P. The molecule has 0 radical (unpaired) electrons. The second-order valence-corrected chi connectivity index (χ2v) is 3.51. The normalized spacial score (nSPS) is 16.2. The highest BCUT2D eigenvalue weighted by Gasteiger charge is 2.22. The van der Waals surface area contributed by atoms with Gasteiger partial charge in [0.05, 0.1) is 18.9 Å². The summed E-state index contributed by atoms with van der Waals surface area (Å²) in [5.74, 6) is -0.729. The summed E-state index contributed by atoms with van der Waals surface area (Å²) in [6.45, 7) is 1.50. The summed E-state index contributed by atoms with van der Waals surface area (Å²) >= 11 is 0. The van der Waals surface area contributed by atoms with Crippen molar-refractivity contribution in [2.75, 3.05) is 14.2 Å². The average molecular weight is 210 g/mol. The second kappa shape index (κ2) is 5.01. The minimum atomic E-state index is -4.25. The Hall–Kier alpha value is -0.840. The molecule has 0 aromatic rings. The number of carbonyl (C=O) groups is 1. The van der Waals surface area contributed by atoms with Gasteiger partial charge < -0.3 is 9.26 Å². The smallest absolute Gasteiger partial charge is 0.501 e. The van der Waals surface area contributed by atoms with Crippen LogP contribution in [0.4, 0.5) is 0 Å². The molecule has 0 amide bonds. The van der Waals surface area contributed by atoms with Crippen LogP contribution in [0.25, 0.3) is 0 Å². The van der Waals surface area contributed by atoms with Crippen LogP contribution >= 0.6 is 7.82 Å². The zero-order chi connectivity index (χ0) is 10.5. The third-order valence-corrected chi connectivity index (χ3v) is 1.95. The van der Waals surface area contributed by atoms with Gasteiger partial charge in [0, 0.05) is 7.11 Å². The number of carbonyl (C=O) groups excluding carboxylic acids is 1. The first kappa shape index (κ1) is 12.2.